The number of piperidine rings is 1. The molecular weight excluding hydrogens is 208 g/mol. The minimum Gasteiger partial charge on any atom is -0.316 e. The predicted molar refractivity (Wildman–Crippen MR) is 69.2 cm³/mol. The summed E-state index contributed by atoms with van der Waals surface area (Å²) in [6.45, 7) is 2.28. The fourth-order valence-corrected chi connectivity index (χ4v) is 2.90. The first-order chi connectivity index (χ1) is 8.36. The highest BCUT2D eigenvalue weighted by molar-refractivity contribution is 5.68. The zero-order valence-electron chi connectivity index (χ0n) is 9.82. The Kier molecular flexibility index (Phi) is 2.70. The van der Waals surface area contributed by atoms with Gasteiger partial charge >= 0.3 is 0 Å². The van der Waals surface area contributed by atoms with Crippen LogP contribution >= 0.6 is 0 Å². The molecule has 1 N–H and O–H groups in total. The first-order valence-corrected chi connectivity index (χ1v) is 6.20. The highest BCUT2D eigenvalue weighted by Crippen LogP contribution is 2.39. The van der Waals surface area contributed by atoms with E-state index >= 15 is 0 Å². The Morgan fingerprint density at radius 2 is 2.35 bits per heavy atom. The molecule has 2 aliphatic rings. The van der Waals surface area contributed by atoms with Gasteiger partial charge < -0.3 is 5.32 Å². The van der Waals surface area contributed by atoms with Gasteiger partial charge in [0.25, 0.3) is 0 Å². The molecule has 86 valence electrons. The standard InChI is InChI=1S/C15H16N2/c1-2-11-5-14(10-17-8-11)13-6-12-3-4-16-9-15(12)7-13/h1,5,7-8,10,12,15-16H,3-4,6,9H2/t12-,15-/m1/s1. The van der Waals surface area contributed by atoms with E-state index in [1.807, 2.05) is 6.20 Å². The van der Waals surface area contributed by atoms with Gasteiger partial charge in [0.05, 0.1) is 0 Å². The number of rotatable bonds is 1. The average molecular weight is 224 g/mol. The van der Waals surface area contributed by atoms with Crippen LogP contribution in [0.25, 0.3) is 5.57 Å². The molecule has 2 heteroatoms. The predicted octanol–water partition coefficient (Wildman–Crippen LogP) is 2.08. The molecule has 0 saturated carbocycles. The third-order valence-corrected chi connectivity index (χ3v) is 3.85. The number of hydrogen-bond acceptors (Lipinski definition) is 2. The fourth-order valence-electron chi connectivity index (χ4n) is 2.90. The van der Waals surface area contributed by atoms with E-state index in [9.17, 15) is 0 Å². The van der Waals surface area contributed by atoms with Crippen molar-refractivity contribution in [1.82, 2.24) is 10.3 Å². The lowest BCUT2D eigenvalue weighted by Gasteiger charge is -2.25. The summed E-state index contributed by atoms with van der Waals surface area (Å²) in [4.78, 5) is 4.22. The van der Waals surface area contributed by atoms with E-state index < -0.39 is 0 Å². The molecule has 1 aliphatic carbocycles. The fraction of sp³-hybridized carbons (Fsp3) is 0.400. The molecule has 17 heavy (non-hydrogen) atoms. The van der Waals surface area contributed by atoms with E-state index in [4.69, 9.17) is 6.42 Å². The number of terminal acetylenes is 1. The third-order valence-electron chi connectivity index (χ3n) is 3.85. The third kappa shape index (κ3) is 1.99. The van der Waals surface area contributed by atoms with Gasteiger partial charge in [0.15, 0.2) is 0 Å². The largest absolute Gasteiger partial charge is 0.316 e. The molecule has 3 rings (SSSR count). The van der Waals surface area contributed by atoms with E-state index in [0.717, 1.165) is 24.6 Å². The van der Waals surface area contributed by atoms with Gasteiger partial charge in [0.1, 0.15) is 0 Å². The van der Waals surface area contributed by atoms with E-state index in [-0.39, 0.29) is 0 Å². The second-order valence-electron chi connectivity index (χ2n) is 4.92. The summed E-state index contributed by atoms with van der Waals surface area (Å²) in [5, 5.41) is 3.46. The van der Waals surface area contributed by atoms with Gasteiger partial charge in [-0.25, -0.2) is 0 Å². The molecule has 0 spiro atoms. The summed E-state index contributed by atoms with van der Waals surface area (Å²) in [7, 11) is 0. The highest BCUT2D eigenvalue weighted by Gasteiger charge is 2.30. The molecule has 0 aromatic carbocycles. The van der Waals surface area contributed by atoms with Crippen LogP contribution in [-0.2, 0) is 0 Å². The van der Waals surface area contributed by atoms with E-state index in [2.05, 4.69) is 28.4 Å². The Hall–Kier alpha value is -1.59. The molecule has 1 aromatic rings. The minimum atomic E-state index is 0.702. The summed E-state index contributed by atoms with van der Waals surface area (Å²) >= 11 is 0. The number of fused-ring (bicyclic) bond motifs is 1. The maximum absolute atomic E-state index is 5.41. The normalized spacial score (nSPS) is 27.1. The quantitative estimate of drug-likeness (QED) is 0.739. The number of aromatic nitrogens is 1. The van der Waals surface area contributed by atoms with Gasteiger partial charge in [-0.2, -0.15) is 0 Å². The Morgan fingerprint density at radius 3 is 3.18 bits per heavy atom. The Balaban J connectivity index is 1.87. The summed E-state index contributed by atoms with van der Waals surface area (Å²) in [6.07, 6.45) is 14.0. The minimum absolute atomic E-state index is 0.702. The maximum atomic E-state index is 5.41. The Bertz CT molecular complexity index is 496. The highest BCUT2D eigenvalue weighted by atomic mass is 14.9. The second-order valence-corrected chi connectivity index (χ2v) is 4.92. The van der Waals surface area contributed by atoms with E-state index in [1.54, 1.807) is 6.20 Å². The molecule has 0 unspecified atom stereocenters. The lowest BCUT2D eigenvalue weighted by atomic mass is 9.89. The Labute approximate surface area is 102 Å². The van der Waals surface area contributed by atoms with Crippen LogP contribution in [0, 0.1) is 24.2 Å². The van der Waals surface area contributed by atoms with Crippen LogP contribution in [0.2, 0.25) is 0 Å². The van der Waals surface area contributed by atoms with Crippen LogP contribution in [0.5, 0.6) is 0 Å². The smallest absolute Gasteiger partial charge is 0.0432 e. The van der Waals surface area contributed by atoms with Crippen molar-refractivity contribution < 1.29 is 0 Å². The Morgan fingerprint density at radius 1 is 1.41 bits per heavy atom. The van der Waals surface area contributed by atoms with Crippen LogP contribution in [0.3, 0.4) is 0 Å². The summed E-state index contributed by atoms with van der Waals surface area (Å²) < 4.78 is 0. The molecule has 1 aliphatic heterocycles. The van der Waals surface area contributed by atoms with Crippen LogP contribution in [0.1, 0.15) is 24.0 Å². The molecule has 2 atom stereocenters. The molecule has 0 amide bonds. The lowest BCUT2D eigenvalue weighted by Crippen LogP contribution is -2.33. The molecule has 1 saturated heterocycles. The van der Waals surface area contributed by atoms with Gasteiger partial charge in [-0.1, -0.05) is 12.0 Å². The first kappa shape index (κ1) is 10.6. The SMILES string of the molecule is C#Cc1cncc(C2=C[C@@H]3CNCC[C@@H]3C2)c1. The molecule has 1 fully saturated rings. The van der Waals surface area contributed by atoms with Crippen molar-refractivity contribution >= 4 is 5.57 Å². The maximum Gasteiger partial charge on any atom is 0.0432 e. The zero-order chi connectivity index (χ0) is 11.7. The summed E-state index contributed by atoms with van der Waals surface area (Å²) in [6, 6.07) is 2.07. The number of pyridine rings is 1. The molecule has 1 aromatic heterocycles. The van der Waals surface area contributed by atoms with Gasteiger partial charge in [-0.15, -0.1) is 6.42 Å². The molecule has 0 radical (unpaired) electrons. The van der Waals surface area contributed by atoms with Crippen molar-refractivity contribution in [2.75, 3.05) is 13.1 Å². The first-order valence-electron chi connectivity index (χ1n) is 6.20. The second kappa shape index (κ2) is 4.35. The van der Waals surface area contributed by atoms with Gasteiger partial charge in [0, 0.05) is 24.5 Å². The van der Waals surface area contributed by atoms with Gasteiger partial charge in [-0.3, -0.25) is 4.98 Å². The summed E-state index contributed by atoms with van der Waals surface area (Å²) in [5.41, 5.74) is 3.50. The van der Waals surface area contributed by atoms with Crippen LogP contribution < -0.4 is 5.32 Å². The number of nitrogens with zero attached hydrogens (tertiary/aromatic N) is 1. The number of nitrogens with one attached hydrogen (secondary N) is 1. The van der Waals surface area contributed by atoms with Gasteiger partial charge in [-0.05, 0) is 48.4 Å². The zero-order valence-corrected chi connectivity index (χ0v) is 9.82. The molecular formula is C15H16N2. The monoisotopic (exact) mass is 224 g/mol. The summed E-state index contributed by atoms with van der Waals surface area (Å²) in [5.74, 6) is 4.17. The van der Waals surface area contributed by atoms with Crippen molar-refractivity contribution in [3.63, 3.8) is 0 Å². The van der Waals surface area contributed by atoms with Crippen molar-refractivity contribution in [2.24, 2.45) is 11.8 Å². The molecule has 2 nitrogen and oxygen atoms in total. The van der Waals surface area contributed by atoms with Gasteiger partial charge in [0.2, 0.25) is 0 Å². The molecule has 2 heterocycles. The average Bonchev–Trinajstić information content (AvgIpc) is 2.82. The number of allylic oxidation sites excluding steroid dienone is 1. The van der Waals surface area contributed by atoms with Crippen LogP contribution in [0.4, 0.5) is 0 Å². The van der Waals surface area contributed by atoms with Crippen molar-refractivity contribution in [2.45, 2.75) is 12.8 Å². The topological polar surface area (TPSA) is 24.9 Å². The lowest BCUT2D eigenvalue weighted by molar-refractivity contribution is 0.323. The van der Waals surface area contributed by atoms with Crippen molar-refractivity contribution in [3.8, 4) is 12.3 Å². The van der Waals surface area contributed by atoms with E-state index in [0.29, 0.717) is 5.92 Å². The van der Waals surface area contributed by atoms with Crippen molar-refractivity contribution in [1.29, 1.82) is 0 Å². The number of hydrogen-bond donors (Lipinski definition) is 1. The van der Waals surface area contributed by atoms with Crippen LogP contribution in [-0.4, -0.2) is 18.1 Å². The van der Waals surface area contributed by atoms with Crippen molar-refractivity contribution in [3.05, 3.63) is 35.7 Å². The van der Waals surface area contributed by atoms with E-state index in [1.165, 1.54) is 24.0 Å². The molecule has 0 bridgehead atoms. The van der Waals surface area contributed by atoms with Crippen LogP contribution in [0.15, 0.2) is 24.5 Å².